The fraction of sp³-hybridized carbons (Fsp3) is 0.324. The van der Waals surface area contributed by atoms with Gasteiger partial charge < -0.3 is 4.90 Å². The van der Waals surface area contributed by atoms with Gasteiger partial charge in [-0.15, -0.1) is 10.2 Å². The zero-order valence-electron chi connectivity index (χ0n) is 23.9. The molecule has 0 bridgehead atoms. The zero-order chi connectivity index (χ0) is 28.3. The molecule has 1 saturated heterocycles. The van der Waals surface area contributed by atoms with Crippen molar-refractivity contribution in [2.24, 2.45) is 0 Å². The van der Waals surface area contributed by atoms with Gasteiger partial charge in [0.1, 0.15) is 5.82 Å². The van der Waals surface area contributed by atoms with Crippen molar-refractivity contribution in [2.75, 3.05) is 38.5 Å². The maximum absolute atomic E-state index is 12.9. The number of carbonyl (C=O) groups is 1. The highest BCUT2D eigenvalue weighted by Gasteiger charge is 2.20. The van der Waals surface area contributed by atoms with Crippen LogP contribution in [0.3, 0.4) is 0 Å². The minimum Gasteiger partial charge on any atom is -0.340 e. The van der Waals surface area contributed by atoms with Gasteiger partial charge in [-0.1, -0.05) is 103 Å². The second kappa shape index (κ2) is 14.8. The highest BCUT2D eigenvalue weighted by atomic mass is 32.2. The van der Waals surface area contributed by atoms with Crippen molar-refractivity contribution < 1.29 is 4.79 Å². The predicted molar refractivity (Wildman–Crippen MR) is 168 cm³/mol. The molecule has 0 saturated carbocycles. The molecule has 1 amide bonds. The molecule has 1 aliphatic rings. The molecule has 7 heteroatoms. The lowest BCUT2D eigenvalue weighted by atomic mass is 10.1. The van der Waals surface area contributed by atoms with Gasteiger partial charge in [0.25, 0.3) is 0 Å². The van der Waals surface area contributed by atoms with E-state index in [1.807, 2.05) is 17.0 Å². The Labute approximate surface area is 248 Å². The summed E-state index contributed by atoms with van der Waals surface area (Å²) in [6.07, 6.45) is 7.58. The average Bonchev–Trinajstić information content (AvgIpc) is 3.40. The summed E-state index contributed by atoms with van der Waals surface area (Å²) in [6.45, 7) is 6.55. The molecule has 4 aromatic rings. The van der Waals surface area contributed by atoms with E-state index in [0.29, 0.717) is 6.42 Å². The average molecular weight is 566 g/mol. The topological polar surface area (TPSA) is 54.3 Å². The van der Waals surface area contributed by atoms with Gasteiger partial charge in [-0.3, -0.25) is 14.3 Å². The minimum absolute atomic E-state index is 0.280. The molecule has 6 nitrogen and oxygen atoms in total. The number of para-hydroxylation sites is 1. The second-order valence-electron chi connectivity index (χ2n) is 10.5. The van der Waals surface area contributed by atoms with Crippen molar-refractivity contribution in [1.82, 2.24) is 24.6 Å². The Morgan fingerprint density at radius 3 is 2.32 bits per heavy atom. The molecule has 0 atom stereocenters. The normalized spacial score (nSPS) is 14.1. The summed E-state index contributed by atoms with van der Waals surface area (Å²) in [7, 11) is 0. The number of aryl methyl sites for hydroxylation is 1. The monoisotopic (exact) mass is 565 g/mol. The SMILES string of the molecule is Cc1ccccc1-n1c(Cc2ccccc2)nnc1SCCCCC(=O)N1CCN(C/C=C/c2ccccc2)CC1. The van der Waals surface area contributed by atoms with Crippen LogP contribution in [0.15, 0.2) is 96.2 Å². The van der Waals surface area contributed by atoms with E-state index in [4.69, 9.17) is 0 Å². The lowest BCUT2D eigenvalue weighted by Gasteiger charge is -2.34. The Kier molecular flexibility index (Phi) is 10.4. The molecule has 0 unspecified atom stereocenters. The number of rotatable bonds is 12. The van der Waals surface area contributed by atoms with Crippen LogP contribution in [0.5, 0.6) is 0 Å². The summed E-state index contributed by atoms with van der Waals surface area (Å²) in [6, 6.07) is 29.2. The van der Waals surface area contributed by atoms with Crippen molar-refractivity contribution in [2.45, 2.75) is 37.8 Å². The molecule has 3 aromatic carbocycles. The molecule has 41 heavy (non-hydrogen) atoms. The predicted octanol–water partition coefficient (Wildman–Crippen LogP) is 6.29. The van der Waals surface area contributed by atoms with Gasteiger partial charge in [0.15, 0.2) is 5.16 Å². The maximum Gasteiger partial charge on any atom is 0.222 e. The van der Waals surface area contributed by atoms with E-state index in [1.54, 1.807) is 11.8 Å². The van der Waals surface area contributed by atoms with E-state index in [-0.39, 0.29) is 5.91 Å². The number of amides is 1. The molecule has 0 aliphatic carbocycles. The Morgan fingerprint density at radius 2 is 1.56 bits per heavy atom. The van der Waals surface area contributed by atoms with Crippen LogP contribution in [0.25, 0.3) is 11.8 Å². The van der Waals surface area contributed by atoms with Crippen LogP contribution in [-0.4, -0.2) is 68.9 Å². The number of carbonyl (C=O) groups excluding carboxylic acids is 1. The van der Waals surface area contributed by atoms with Crippen LogP contribution in [0.2, 0.25) is 0 Å². The number of aromatic nitrogens is 3. The molecular formula is C34H39N5OS. The van der Waals surface area contributed by atoms with Crippen molar-refractivity contribution in [3.8, 4) is 5.69 Å². The molecule has 2 heterocycles. The molecule has 5 rings (SSSR count). The Hall–Kier alpha value is -3.68. The van der Waals surface area contributed by atoms with Crippen molar-refractivity contribution in [3.05, 3.63) is 114 Å². The number of benzene rings is 3. The first-order valence-corrected chi connectivity index (χ1v) is 15.5. The van der Waals surface area contributed by atoms with Crippen LogP contribution in [0.4, 0.5) is 0 Å². The summed E-state index contributed by atoms with van der Waals surface area (Å²) in [4.78, 5) is 17.3. The molecule has 1 aromatic heterocycles. The highest BCUT2D eigenvalue weighted by Crippen LogP contribution is 2.26. The van der Waals surface area contributed by atoms with Crippen molar-refractivity contribution in [3.63, 3.8) is 0 Å². The van der Waals surface area contributed by atoms with E-state index in [0.717, 1.165) is 74.4 Å². The first kappa shape index (κ1) is 28.8. The van der Waals surface area contributed by atoms with Gasteiger partial charge in [-0.2, -0.15) is 0 Å². The Bertz CT molecular complexity index is 1410. The molecular weight excluding hydrogens is 526 g/mol. The third-order valence-corrected chi connectivity index (χ3v) is 8.49. The number of hydrogen-bond donors (Lipinski definition) is 0. The first-order valence-electron chi connectivity index (χ1n) is 14.6. The summed E-state index contributed by atoms with van der Waals surface area (Å²) in [5.41, 5.74) is 4.76. The fourth-order valence-electron chi connectivity index (χ4n) is 5.12. The first-order chi connectivity index (χ1) is 20.2. The molecule has 0 N–H and O–H groups in total. The third-order valence-electron chi connectivity index (χ3n) is 7.48. The number of unbranched alkanes of at least 4 members (excludes halogenated alkanes) is 1. The van der Waals surface area contributed by atoms with Gasteiger partial charge in [-0.25, -0.2) is 0 Å². The third kappa shape index (κ3) is 8.18. The lowest BCUT2D eigenvalue weighted by Crippen LogP contribution is -2.48. The molecule has 1 fully saturated rings. The van der Waals surface area contributed by atoms with Crippen LogP contribution < -0.4 is 0 Å². The van der Waals surface area contributed by atoms with Crippen molar-refractivity contribution >= 4 is 23.7 Å². The molecule has 0 radical (unpaired) electrons. The van der Waals surface area contributed by atoms with E-state index < -0.39 is 0 Å². The van der Waals surface area contributed by atoms with Gasteiger partial charge >= 0.3 is 0 Å². The van der Waals surface area contributed by atoms with E-state index in [9.17, 15) is 4.79 Å². The van der Waals surface area contributed by atoms with E-state index >= 15 is 0 Å². The fourth-order valence-corrected chi connectivity index (χ4v) is 6.09. The molecule has 0 spiro atoms. The molecule has 1 aliphatic heterocycles. The van der Waals surface area contributed by atoms with E-state index in [2.05, 4.69) is 112 Å². The Morgan fingerprint density at radius 1 is 0.854 bits per heavy atom. The van der Waals surface area contributed by atoms with Crippen LogP contribution >= 0.6 is 11.8 Å². The summed E-state index contributed by atoms with van der Waals surface area (Å²) < 4.78 is 2.20. The van der Waals surface area contributed by atoms with Crippen molar-refractivity contribution in [1.29, 1.82) is 0 Å². The van der Waals surface area contributed by atoms with Gasteiger partial charge in [0.2, 0.25) is 5.91 Å². The number of nitrogens with zero attached hydrogens (tertiary/aromatic N) is 5. The van der Waals surface area contributed by atoms with Gasteiger partial charge in [0, 0.05) is 51.3 Å². The summed E-state index contributed by atoms with van der Waals surface area (Å²) >= 11 is 1.73. The smallest absolute Gasteiger partial charge is 0.222 e. The van der Waals surface area contributed by atoms with Crippen LogP contribution in [0.1, 0.15) is 41.8 Å². The zero-order valence-corrected chi connectivity index (χ0v) is 24.7. The summed E-state index contributed by atoms with van der Waals surface area (Å²) in [5, 5.41) is 10.1. The number of hydrogen-bond acceptors (Lipinski definition) is 5. The number of thioether (sulfide) groups is 1. The second-order valence-corrected chi connectivity index (χ2v) is 11.5. The summed E-state index contributed by atoms with van der Waals surface area (Å²) in [5.74, 6) is 2.13. The van der Waals surface area contributed by atoms with Crippen LogP contribution in [-0.2, 0) is 11.2 Å². The number of piperazine rings is 1. The quantitative estimate of drug-likeness (QED) is 0.149. The van der Waals surface area contributed by atoms with Crippen LogP contribution in [0, 0.1) is 6.92 Å². The highest BCUT2D eigenvalue weighted by molar-refractivity contribution is 7.99. The lowest BCUT2D eigenvalue weighted by molar-refractivity contribution is -0.132. The van der Waals surface area contributed by atoms with E-state index in [1.165, 1.54) is 16.7 Å². The molecule has 212 valence electrons. The standard InChI is InChI=1S/C34H39N5OS/c1-28-13-8-9-19-31(28)39-32(27-30-16-6-3-7-17-30)35-36-34(39)41-26-11-10-20-33(40)38-24-22-37(23-25-38)21-12-18-29-14-4-2-5-15-29/h2-9,12-19H,10-11,20-27H2,1H3/b18-12+. The van der Waals surface area contributed by atoms with Gasteiger partial charge in [-0.05, 0) is 42.5 Å². The maximum atomic E-state index is 12.9. The van der Waals surface area contributed by atoms with Gasteiger partial charge in [0.05, 0.1) is 5.69 Å². The largest absolute Gasteiger partial charge is 0.340 e. The minimum atomic E-state index is 0.280. The Balaban J connectivity index is 1.07.